The predicted octanol–water partition coefficient (Wildman–Crippen LogP) is 5.30. The third kappa shape index (κ3) is 10.9. The molecule has 0 saturated heterocycles. The Bertz CT molecular complexity index is 809. The van der Waals surface area contributed by atoms with Crippen molar-refractivity contribution < 1.29 is 9.67 Å². The number of hydrogen-bond acceptors (Lipinski definition) is 6. The molecule has 2 aromatic heterocycles. The molecule has 0 saturated carbocycles. The quantitative estimate of drug-likeness (QED) is 0.399. The summed E-state index contributed by atoms with van der Waals surface area (Å²) in [4.78, 5) is 24.7. The van der Waals surface area contributed by atoms with Crippen molar-refractivity contribution in [1.82, 2.24) is 19.9 Å². The summed E-state index contributed by atoms with van der Waals surface area (Å²) < 4.78 is 9.51. The van der Waals surface area contributed by atoms with E-state index in [4.69, 9.17) is 28.3 Å². The van der Waals surface area contributed by atoms with Crippen molar-refractivity contribution in [2.75, 3.05) is 0 Å². The molecule has 13 heteroatoms. The van der Waals surface area contributed by atoms with Crippen LogP contribution in [0.15, 0.2) is 4.79 Å². The first kappa shape index (κ1) is 24.4. The fourth-order valence-electron chi connectivity index (χ4n) is 1.19. The number of nitrogens with one attached hydrogen (secondary N) is 1. The first-order valence-electron chi connectivity index (χ1n) is 6.34. The Morgan fingerprint density at radius 2 is 1.32 bits per heavy atom. The zero-order chi connectivity index (χ0) is 19.9. The largest absolute Gasteiger partial charge is 0.493 e. The first-order valence-corrected chi connectivity index (χ1v) is 11.5. The molecule has 0 amide bonds. The van der Waals surface area contributed by atoms with Gasteiger partial charge in [0.25, 0.3) is 5.56 Å². The Morgan fingerprint density at radius 1 is 0.920 bits per heavy atom. The van der Waals surface area contributed by atoms with Gasteiger partial charge in [0.2, 0.25) is 5.88 Å². The van der Waals surface area contributed by atoms with Gasteiger partial charge in [0, 0.05) is 5.56 Å². The average Bonchev–Trinajstić information content (AvgIpc) is 2.40. The molecule has 0 spiro atoms. The van der Waals surface area contributed by atoms with Crippen molar-refractivity contribution in [3.05, 3.63) is 43.4 Å². The summed E-state index contributed by atoms with van der Waals surface area (Å²) in [5.41, 5.74) is 0.699. The number of H-pyrrole nitrogens is 1. The maximum Gasteiger partial charge on any atom is 0.339 e. The van der Waals surface area contributed by atoms with Crippen LogP contribution in [0.2, 0.25) is 10.3 Å². The third-order valence-corrected chi connectivity index (χ3v) is 3.12. The van der Waals surface area contributed by atoms with Gasteiger partial charge in [-0.25, -0.2) is 15.0 Å². The molecule has 0 atom stereocenters. The lowest BCUT2D eigenvalue weighted by atomic mass is 10.3. The predicted molar refractivity (Wildman–Crippen MR) is 103 cm³/mol. The van der Waals surface area contributed by atoms with E-state index in [2.05, 4.69) is 53.7 Å². The fourth-order valence-corrected chi connectivity index (χ4v) is 1.66. The molecule has 0 aliphatic carbocycles. The van der Waals surface area contributed by atoms with Gasteiger partial charge in [0.15, 0.2) is 0 Å². The second kappa shape index (κ2) is 10.6. The topological polar surface area (TPSA) is 109 Å². The van der Waals surface area contributed by atoms with E-state index in [0.717, 1.165) is 5.56 Å². The normalized spacial score (nSPS) is 10.3. The molecule has 2 heterocycles. The molecule has 0 unspecified atom stereocenters. The van der Waals surface area contributed by atoms with Gasteiger partial charge in [-0.15, -0.1) is 0 Å². The second-order valence-corrected chi connectivity index (χ2v) is 11.8. The van der Waals surface area contributed by atoms with Crippen LogP contribution in [0.3, 0.4) is 0 Å². The lowest BCUT2D eigenvalue weighted by Crippen LogP contribution is -2.11. The van der Waals surface area contributed by atoms with Gasteiger partial charge in [0.05, 0.1) is 5.56 Å². The smallest absolute Gasteiger partial charge is 0.339 e. The van der Waals surface area contributed by atoms with Crippen molar-refractivity contribution in [3.8, 4) is 5.88 Å². The van der Waals surface area contributed by atoms with E-state index < -0.39 is 5.20 Å². The summed E-state index contributed by atoms with van der Waals surface area (Å²) in [7, 11) is 0. The minimum Gasteiger partial charge on any atom is -0.493 e. The van der Waals surface area contributed by atoms with Gasteiger partial charge in [0.1, 0.15) is 22.0 Å². The van der Waals surface area contributed by atoms with E-state index in [0.29, 0.717) is 22.0 Å². The molecule has 140 valence electrons. The Labute approximate surface area is 168 Å². The Morgan fingerprint density at radius 3 is 1.68 bits per heavy atom. The van der Waals surface area contributed by atoms with Crippen LogP contribution < -0.4 is 5.56 Å². The molecular formula is C12H14Cl5N4O3P. The Hall–Kier alpha value is -0.560. The van der Waals surface area contributed by atoms with E-state index in [-0.39, 0.29) is 17.0 Å². The molecule has 2 aromatic rings. The Balaban J connectivity index is 0.000000368. The maximum atomic E-state index is 10.8. The average molecular weight is 471 g/mol. The molecule has 0 aliphatic rings. The van der Waals surface area contributed by atoms with Crippen molar-refractivity contribution in [2.24, 2.45) is 0 Å². The first-order chi connectivity index (χ1) is 11.2. The van der Waals surface area contributed by atoms with Crippen LogP contribution in [0.5, 0.6) is 5.88 Å². The van der Waals surface area contributed by atoms with E-state index in [1.165, 1.54) is 6.92 Å². The molecule has 7 nitrogen and oxygen atoms in total. The zero-order valence-corrected chi connectivity index (χ0v) is 18.1. The lowest BCUT2D eigenvalue weighted by molar-refractivity contribution is 0.444. The van der Waals surface area contributed by atoms with Crippen LogP contribution in [0.25, 0.3) is 0 Å². The standard InChI is InChI=1S/C6H6Cl2N2.C6H8N2O2.Cl3OP/c1-3-5(7)9-4(2)10-6(3)8;1-3-5(9)7-4(2)8-6(3)10;1-5(2,3)4/h1-2H3;1-2H3,(H2,7,8,9,10);. The van der Waals surface area contributed by atoms with Crippen LogP contribution in [0.4, 0.5) is 0 Å². The van der Waals surface area contributed by atoms with Gasteiger partial charge in [-0.05, 0) is 61.4 Å². The van der Waals surface area contributed by atoms with E-state index >= 15 is 0 Å². The minimum atomic E-state index is -3.22. The lowest BCUT2D eigenvalue weighted by Gasteiger charge is -1.98. The highest BCUT2D eigenvalue weighted by molar-refractivity contribution is 8.24. The van der Waals surface area contributed by atoms with Gasteiger partial charge in [-0.2, -0.15) is 0 Å². The van der Waals surface area contributed by atoms with Gasteiger partial charge >= 0.3 is 5.20 Å². The number of nitrogens with zero attached hydrogens (tertiary/aromatic N) is 3. The van der Waals surface area contributed by atoms with Gasteiger partial charge in [-0.3, -0.25) is 9.36 Å². The molecular weight excluding hydrogens is 456 g/mol. The summed E-state index contributed by atoms with van der Waals surface area (Å²) in [5.74, 6) is 0.829. The van der Waals surface area contributed by atoms with Crippen LogP contribution in [-0.2, 0) is 4.57 Å². The summed E-state index contributed by atoms with van der Waals surface area (Å²) >= 11 is 25.2. The number of aryl methyl sites for hydroxylation is 2. The summed E-state index contributed by atoms with van der Waals surface area (Å²) in [6.07, 6.45) is 0. The van der Waals surface area contributed by atoms with E-state index in [9.17, 15) is 9.36 Å². The van der Waals surface area contributed by atoms with Gasteiger partial charge < -0.3 is 10.1 Å². The number of aromatic amines is 1. The molecule has 0 aliphatic heterocycles. The van der Waals surface area contributed by atoms with E-state index in [1.807, 2.05) is 0 Å². The maximum absolute atomic E-state index is 10.8. The zero-order valence-electron chi connectivity index (χ0n) is 13.4. The molecule has 0 bridgehead atoms. The fraction of sp³-hybridized carbons (Fsp3) is 0.333. The molecule has 0 aromatic carbocycles. The molecule has 2 N–H and O–H groups in total. The van der Waals surface area contributed by atoms with Crippen LogP contribution in [-0.4, -0.2) is 25.0 Å². The number of aromatic hydroxyl groups is 1. The number of hydrogen-bond donors (Lipinski definition) is 2. The van der Waals surface area contributed by atoms with Crippen molar-refractivity contribution >= 4 is 62.1 Å². The highest BCUT2D eigenvalue weighted by atomic mass is 36.0. The minimum absolute atomic E-state index is 0.193. The Kier molecular flexibility index (Phi) is 10.3. The second-order valence-electron chi connectivity index (χ2n) is 4.48. The third-order valence-electron chi connectivity index (χ3n) is 2.38. The number of aromatic nitrogens is 4. The highest BCUT2D eigenvalue weighted by Gasteiger charge is 2.03. The van der Waals surface area contributed by atoms with E-state index in [1.54, 1.807) is 20.8 Å². The summed E-state index contributed by atoms with van der Waals surface area (Å²) in [5, 5.41) is 6.58. The molecule has 0 radical (unpaired) electrons. The number of halogens is 5. The monoisotopic (exact) mass is 468 g/mol. The highest BCUT2D eigenvalue weighted by Crippen LogP contribution is 2.61. The van der Waals surface area contributed by atoms with Crippen LogP contribution >= 0.6 is 62.1 Å². The van der Waals surface area contributed by atoms with Crippen LogP contribution in [0.1, 0.15) is 22.8 Å². The van der Waals surface area contributed by atoms with Gasteiger partial charge in [-0.1, -0.05) is 23.2 Å². The molecule has 25 heavy (non-hydrogen) atoms. The van der Waals surface area contributed by atoms with Crippen molar-refractivity contribution in [2.45, 2.75) is 27.7 Å². The summed E-state index contributed by atoms with van der Waals surface area (Å²) in [6.45, 7) is 6.66. The van der Waals surface area contributed by atoms with Crippen molar-refractivity contribution in [3.63, 3.8) is 0 Å². The number of rotatable bonds is 0. The summed E-state index contributed by atoms with van der Waals surface area (Å²) in [6, 6.07) is 0. The van der Waals surface area contributed by atoms with Crippen LogP contribution in [0, 0.1) is 27.7 Å². The SMILES string of the molecule is Cc1nc(Cl)c(C)c(Cl)n1.Cc1nc(O)c(C)c(=O)[nH]1.O=P(Cl)(Cl)Cl. The molecule has 2 rings (SSSR count). The van der Waals surface area contributed by atoms with Crippen molar-refractivity contribution in [1.29, 1.82) is 0 Å². The molecule has 0 fully saturated rings.